The van der Waals surface area contributed by atoms with Crippen LogP contribution in [0.3, 0.4) is 0 Å². The third-order valence-corrected chi connectivity index (χ3v) is 2.54. The quantitative estimate of drug-likeness (QED) is 0.666. The molecule has 11 heavy (non-hydrogen) atoms. The second-order valence-electron chi connectivity index (χ2n) is 3.53. The van der Waals surface area contributed by atoms with Crippen LogP contribution in [-0.4, -0.2) is 18.3 Å². The molecule has 0 aromatic rings. The smallest absolute Gasteiger partial charge is 0.115 e. The van der Waals surface area contributed by atoms with Crippen molar-refractivity contribution < 1.29 is 4.39 Å². The zero-order valence-electron chi connectivity index (χ0n) is 7.44. The van der Waals surface area contributed by atoms with Gasteiger partial charge in [-0.05, 0) is 32.6 Å². The van der Waals surface area contributed by atoms with Gasteiger partial charge in [0.2, 0.25) is 0 Å². The fourth-order valence-corrected chi connectivity index (χ4v) is 1.59. The molecule has 0 aromatic carbocycles. The molecule has 1 N–H and O–H groups in total. The molecular formula is C9H18FN. The minimum Gasteiger partial charge on any atom is -0.309 e. The monoisotopic (exact) mass is 159 g/mol. The van der Waals surface area contributed by atoms with Crippen LogP contribution in [0.15, 0.2) is 0 Å². The zero-order valence-corrected chi connectivity index (χ0v) is 7.44. The van der Waals surface area contributed by atoms with Crippen molar-refractivity contribution >= 4 is 0 Å². The van der Waals surface area contributed by atoms with Gasteiger partial charge in [0.1, 0.15) is 6.17 Å². The maximum atomic E-state index is 13.0. The maximum absolute atomic E-state index is 13.0. The van der Waals surface area contributed by atoms with Crippen LogP contribution >= 0.6 is 0 Å². The molecule has 1 rings (SSSR count). The zero-order chi connectivity index (χ0) is 8.27. The van der Waals surface area contributed by atoms with Crippen molar-refractivity contribution in [2.45, 2.75) is 57.8 Å². The van der Waals surface area contributed by atoms with E-state index < -0.39 is 6.17 Å². The molecule has 0 heterocycles. The molecular weight excluding hydrogens is 141 g/mol. The van der Waals surface area contributed by atoms with Gasteiger partial charge in [-0.25, -0.2) is 4.39 Å². The first-order chi connectivity index (χ1) is 5.24. The van der Waals surface area contributed by atoms with Crippen LogP contribution < -0.4 is 5.32 Å². The summed E-state index contributed by atoms with van der Waals surface area (Å²) in [5.41, 5.74) is 0. The summed E-state index contributed by atoms with van der Waals surface area (Å²) in [6.07, 6.45) is 3.32. The van der Waals surface area contributed by atoms with Crippen molar-refractivity contribution in [3.8, 4) is 0 Å². The van der Waals surface area contributed by atoms with Crippen LogP contribution in [0, 0.1) is 0 Å². The third kappa shape index (κ3) is 2.44. The average molecular weight is 159 g/mol. The highest BCUT2D eigenvalue weighted by Gasteiger charge is 2.27. The van der Waals surface area contributed by atoms with E-state index in [1.165, 1.54) is 0 Å². The lowest BCUT2D eigenvalue weighted by molar-refractivity contribution is 0.265. The topological polar surface area (TPSA) is 12.0 Å². The van der Waals surface area contributed by atoms with Gasteiger partial charge in [0, 0.05) is 12.1 Å². The standard InChI is InChI=1S/C9H18FN/c1-3-7(2)11-9-6-4-5-8(9)10/h7-9,11H,3-6H2,1-2H3/t7?,8-,9-/m1/s1. The summed E-state index contributed by atoms with van der Waals surface area (Å²) in [4.78, 5) is 0. The molecule has 0 aromatic heterocycles. The van der Waals surface area contributed by atoms with E-state index in [9.17, 15) is 4.39 Å². The van der Waals surface area contributed by atoms with Crippen molar-refractivity contribution in [2.75, 3.05) is 0 Å². The molecule has 0 radical (unpaired) electrons. The lowest BCUT2D eigenvalue weighted by Crippen LogP contribution is -2.39. The van der Waals surface area contributed by atoms with Gasteiger partial charge in [-0.1, -0.05) is 6.92 Å². The maximum Gasteiger partial charge on any atom is 0.115 e. The Hall–Kier alpha value is -0.110. The lowest BCUT2D eigenvalue weighted by atomic mass is 10.2. The first kappa shape index (κ1) is 8.98. The van der Waals surface area contributed by atoms with Gasteiger partial charge in [0.25, 0.3) is 0 Å². The van der Waals surface area contributed by atoms with E-state index in [-0.39, 0.29) is 6.04 Å². The van der Waals surface area contributed by atoms with Crippen molar-refractivity contribution in [2.24, 2.45) is 0 Å². The van der Waals surface area contributed by atoms with E-state index in [0.717, 1.165) is 25.7 Å². The predicted molar refractivity (Wildman–Crippen MR) is 45.4 cm³/mol. The minimum absolute atomic E-state index is 0.143. The molecule has 1 unspecified atom stereocenters. The van der Waals surface area contributed by atoms with Crippen molar-refractivity contribution in [1.82, 2.24) is 5.32 Å². The number of hydrogen-bond acceptors (Lipinski definition) is 1. The fraction of sp³-hybridized carbons (Fsp3) is 1.00. The van der Waals surface area contributed by atoms with Gasteiger partial charge in [0.15, 0.2) is 0 Å². The summed E-state index contributed by atoms with van der Waals surface area (Å²) in [6.45, 7) is 4.24. The van der Waals surface area contributed by atoms with Crippen LogP contribution in [0.5, 0.6) is 0 Å². The molecule has 1 fully saturated rings. The molecule has 0 aliphatic heterocycles. The molecule has 3 atom stereocenters. The van der Waals surface area contributed by atoms with Crippen molar-refractivity contribution in [3.05, 3.63) is 0 Å². The summed E-state index contributed by atoms with van der Waals surface area (Å²) in [7, 11) is 0. The van der Waals surface area contributed by atoms with Gasteiger partial charge in [-0.2, -0.15) is 0 Å². The Kier molecular flexibility index (Phi) is 3.31. The van der Waals surface area contributed by atoms with Gasteiger partial charge >= 0.3 is 0 Å². The summed E-state index contributed by atoms with van der Waals surface area (Å²) < 4.78 is 13.0. The van der Waals surface area contributed by atoms with Crippen molar-refractivity contribution in [1.29, 1.82) is 0 Å². The summed E-state index contributed by atoms with van der Waals surface area (Å²) in [5, 5.41) is 3.30. The summed E-state index contributed by atoms with van der Waals surface area (Å²) >= 11 is 0. The predicted octanol–water partition coefficient (Wildman–Crippen LogP) is 2.27. The number of hydrogen-bond donors (Lipinski definition) is 1. The van der Waals surface area contributed by atoms with Gasteiger partial charge in [-0.15, -0.1) is 0 Å². The number of halogens is 1. The molecule has 2 heteroatoms. The minimum atomic E-state index is -0.594. The van der Waals surface area contributed by atoms with Gasteiger partial charge in [-0.3, -0.25) is 0 Å². The second kappa shape index (κ2) is 4.05. The third-order valence-electron chi connectivity index (χ3n) is 2.54. The van der Waals surface area contributed by atoms with E-state index in [2.05, 4.69) is 19.2 Å². The van der Waals surface area contributed by atoms with Crippen LogP contribution in [0.2, 0.25) is 0 Å². The van der Waals surface area contributed by atoms with E-state index in [1.807, 2.05) is 0 Å². The van der Waals surface area contributed by atoms with E-state index >= 15 is 0 Å². The molecule has 0 amide bonds. The van der Waals surface area contributed by atoms with Crippen LogP contribution in [0.1, 0.15) is 39.5 Å². The van der Waals surface area contributed by atoms with Crippen LogP contribution in [0.4, 0.5) is 4.39 Å². The van der Waals surface area contributed by atoms with Crippen LogP contribution in [-0.2, 0) is 0 Å². The Labute approximate surface area is 68.4 Å². The molecule has 1 saturated carbocycles. The van der Waals surface area contributed by atoms with E-state index in [0.29, 0.717) is 6.04 Å². The Morgan fingerprint density at radius 1 is 1.55 bits per heavy atom. The molecule has 1 nitrogen and oxygen atoms in total. The van der Waals surface area contributed by atoms with Crippen LogP contribution in [0.25, 0.3) is 0 Å². The molecule has 0 saturated heterocycles. The van der Waals surface area contributed by atoms with Gasteiger partial charge < -0.3 is 5.32 Å². The molecule has 66 valence electrons. The fourth-order valence-electron chi connectivity index (χ4n) is 1.59. The van der Waals surface area contributed by atoms with Crippen molar-refractivity contribution in [3.63, 3.8) is 0 Å². The summed E-state index contributed by atoms with van der Waals surface area (Å²) in [6, 6.07) is 0.612. The molecule has 1 aliphatic carbocycles. The Balaban J connectivity index is 2.24. The number of rotatable bonds is 3. The SMILES string of the molecule is CCC(C)N[C@@H]1CCC[C@H]1F. The first-order valence-corrected chi connectivity index (χ1v) is 4.64. The molecule has 0 spiro atoms. The number of nitrogens with one attached hydrogen (secondary N) is 1. The Morgan fingerprint density at radius 2 is 2.27 bits per heavy atom. The number of alkyl halides is 1. The van der Waals surface area contributed by atoms with E-state index in [4.69, 9.17) is 0 Å². The second-order valence-corrected chi connectivity index (χ2v) is 3.53. The largest absolute Gasteiger partial charge is 0.309 e. The lowest BCUT2D eigenvalue weighted by Gasteiger charge is -2.19. The Bertz CT molecular complexity index is 116. The highest BCUT2D eigenvalue weighted by atomic mass is 19.1. The van der Waals surface area contributed by atoms with E-state index in [1.54, 1.807) is 0 Å². The first-order valence-electron chi connectivity index (χ1n) is 4.64. The van der Waals surface area contributed by atoms with Gasteiger partial charge in [0.05, 0.1) is 0 Å². The summed E-state index contributed by atoms with van der Waals surface area (Å²) in [5.74, 6) is 0. The average Bonchev–Trinajstić information content (AvgIpc) is 2.37. The molecule has 0 bridgehead atoms. The molecule has 1 aliphatic rings. The highest BCUT2D eigenvalue weighted by Crippen LogP contribution is 2.22. The highest BCUT2D eigenvalue weighted by molar-refractivity contribution is 4.84. The Morgan fingerprint density at radius 3 is 2.73 bits per heavy atom. The normalized spacial score (nSPS) is 34.1.